The molecule has 2 heterocycles. The minimum absolute atomic E-state index is 0.157. The molecule has 1 fully saturated rings. The number of fused-ring (bicyclic) bond motifs is 1. The Morgan fingerprint density at radius 1 is 1.05 bits per heavy atom. The van der Waals surface area contributed by atoms with Gasteiger partial charge in [-0.1, -0.05) is 48.7 Å². The van der Waals surface area contributed by atoms with Crippen LogP contribution in [0.2, 0.25) is 0 Å². The molecule has 4 rings (SSSR count). The molecule has 0 bridgehead atoms. The topological polar surface area (TPSA) is 51.0 Å². The van der Waals surface area contributed by atoms with Gasteiger partial charge in [0.2, 0.25) is 5.89 Å². The first kappa shape index (κ1) is 13.0. The average Bonchev–Trinajstić information content (AvgIpc) is 3.05. The van der Waals surface area contributed by atoms with Crippen molar-refractivity contribution < 1.29 is 4.52 Å². The summed E-state index contributed by atoms with van der Waals surface area (Å²) in [5.74, 6) is 2.18. The van der Waals surface area contributed by atoms with Crippen LogP contribution in [-0.4, -0.2) is 10.1 Å². The third kappa shape index (κ3) is 2.60. The lowest BCUT2D eigenvalue weighted by molar-refractivity contribution is 0.314. The Hall–Kier alpha value is -1.68. The van der Waals surface area contributed by atoms with E-state index in [1.54, 1.807) is 0 Å². The molecule has 2 aromatic rings. The SMILES string of the molecule is c1ccc2c(c1)CN[C@H](c1nc(C3CCCCC3)no1)C2. The van der Waals surface area contributed by atoms with Crippen LogP contribution in [0.1, 0.15) is 66.9 Å². The monoisotopic (exact) mass is 283 g/mol. The van der Waals surface area contributed by atoms with Crippen LogP contribution >= 0.6 is 0 Å². The maximum absolute atomic E-state index is 5.55. The van der Waals surface area contributed by atoms with Gasteiger partial charge >= 0.3 is 0 Å². The molecule has 0 saturated heterocycles. The van der Waals surface area contributed by atoms with E-state index in [4.69, 9.17) is 9.51 Å². The highest BCUT2D eigenvalue weighted by atomic mass is 16.5. The van der Waals surface area contributed by atoms with Crippen LogP contribution in [0.5, 0.6) is 0 Å². The van der Waals surface area contributed by atoms with Crippen molar-refractivity contribution in [3.8, 4) is 0 Å². The molecular formula is C17H21N3O. The van der Waals surface area contributed by atoms with E-state index in [-0.39, 0.29) is 6.04 Å². The predicted octanol–water partition coefficient (Wildman–Crippen LogP) is 3.50. The van der Waals surface area contributed by atoms with Gasteiger partial charge in [-0.05, 0) is 30.4 Å². The highest BCUT2D eigenvalue weighted by Gasteiger charge is 2.26. The Balaban J connectivity index is 1.51. The van der Waals surface area contributed by atoms with Crippen molar-refractivity contribution in [2.24, 2.45) is 0 Å². The molecule has 1 aliphatic carbocycles. The van der Waals surface area contributed by atoms with Crippen LogP contribution in [0.4, 0.5) is 0 Å². The molecule has 1 atom stereocenters. The first-order valence-electron chi connectivity index (χ1n) is 8.04. The van der Waals surface area contributed by atoms with Crippen LogP contribution in [0.3, 0.4) is 0 Å². The first-order chi connectivity index (χ1) is 10.4. The van der Waals surface area contributed by atoms with Gasteiger partial charge in [-0.2, -0.15) is 4.98 Å². The maximum Gasteiger partial charge on any atom is 0.244 e. The summed E-state index contributed by atoms with van der Waals surface area (Å²) >= 11 is 0. The Bertz CT molecular complexity index is 616. The Kier molecular flexibility index (Phi) is 3.47. The van der Waals surface area contributed by atoms with E-state index in [1.165, 1.54) is 43.2 Å². The largest absolute Gasteiger partial charge is 0.338 e. The van der Waals surface area contributed by atoms with Gasteiger partial charge in [0, 0.05) is 12.5 Å². The van der Waals surface area contributed by atoms with Gasteiger partial charge in [0.15, 0.2) is 5.82 Å². The smallest absolute Gasteiger partial charge is 0.244 e. The quantitative estimate of drug-likeness (QED) is 0.916. The van der Waals surface area contributed by atoms with Crippen molar-refractivity contribution in [2.45, 2.75) is 57.0 Å². The van der Waals surface area contributed by atoms with E-state index in [9.17, 15) is 0 Å². The van der Waals surface area contributed by atoms with Crippen molar-refractivity contribution in [2.75, 3.05) is 0 Å². The van der Waals surface area contributed by atoms with Gasteiger partial charge < -0.3 is 9.84 Å². The second-order valence-corrected chi connectivity index (χ2v) is 6.23. The zero-order valence-corrected chi connectivity index (χ0v) is 12.2. The van der Waals surface area contributed by atoms with Crippen LogP contribution in [-0.2, 0) is 13.0 Å². The lowest BCUT2D eigenvalue weighted by atomic mass is 9.89. The number of hydrogen-bond donors (Lipinski definition) is 1. The normalized spacial score (nSPS) is 23.0. The summed E-state index contributed by atoms with van der Waals surface area (Å²) in [7, 11) is 0. The standard InChI is InChI=1S/C17H21N3O/c1-2-6-12(7-3-1)16-19-17(21-20-16)15-10-13-8-4-5-9-14(13)11-18-15/h4-5,8-9,12,15,18H,1-3,6-7,10-11H2/t15-/m0/s1. The third-order valence-corrected chi connectivity index (χ3v) is 4.81. The summed E-state index contributed by atoms with van der Waals surface area (Å²) in [6.07, 6.45) is 7.29. The van der Waals surface area contributed by atoms with E-state index < -0.39 is 0 Å². The molecule has 4 nitrogen and oxygen atoms in total. The summed E-state index contributed by atoms with van der Waals surface area (Å²) < 4.78 is 5.55. The Morgan fingerprint density at radius 3 is 2.71 bits per heavy atom. The molecule has 1 aromatic carbocycles. The molecule has 0 unspecified atom stereocenters. The molecule has 0 amide bonds. The molecule has 1 aromatic heterocycles. The van der Waals surface area contributed by atoms with Gasteiger partial charge in [-0.25, -0.2) is 0 Å². The maximum atomic E-state index is 5.55. The van der Waals surface area contributed by atoms with E-state index >= 15 is 0 Å². The van der Waals surface area contributed by atoms with Crippen LogP contribution in [0.15, 0.2) is 28.8 Å². The van der Waals surface area contributed by atoms with Gasteiger partial charge in [-0.3, -0.25) is 0 Å². The second kappa shape index (κ2) is 5.60. The fraction of sp³-hybridized carbons (Fsp3) is 0.529. The lowest BCUT2D eigenvalue weighted by Crippen LogP contribution is -2.28. The highest BCUT2D eigenvalue weighted by Crippen LogP contribution is 2.32. The number of rotatable bonds is 2. The zero-order chi connectivity index (χ0) is 14.1. The van der Waals surface area contributed by atoms with Crippen LogP contribution < -0.4 is 5.32 Å². The van der Waals surface area contributed by atoms with Gasteiger partial charge in [0.1, 0.15) is 0 Å². The van der Waals surface area contributed by atoms with Crippen molar-refractivity contribution in [3.05, 3.63) is 47.1 Å². The number of nitrogens with zero attached hydrogens (tertiary/aromatic N) is 2. The number of benzene rings is 1. The summed E-state index contributed by atoms with van der Waals surface area (Å²) in [6.45, 7) is 0.877. The molecule has 4 heteroatoms. The number of hydrogen-bond acceptors (Lipinski definition) is 4. The van der Waals surface area contributed by atoms with Crippen molar-refractivity contribution in [1.82, 2.24) is 15.5 Å². The summed E-state index contributed by atoms with van der Waals surface area (Å²) in [5.41, 5.74) is 2.76. The minimum atomic E-state index is 0.157. The average molecular weight is 283 g/mol. The zero-order valence-electron chi connectivity index (χ0n) is 12.2. The van der Waals surface area contributed by atoms with E-state index in [2.05, 4.69) is 34.7 Å². The summed E-state index contributed by atoms with van der Waals surface area (Å²) in [6, 6.07) is 8.73. The molecule has 21 heavy (non-hydrogen) atoms. The Morgan fingerprint density at radius 2 is 1.86 bits per heavy atom. The van der Waals surface area contributed by atoms with Crippen molar-refractivity contribution in [1.29, 1.82) is 0 Å². The molecule has 0 radical (unpaired) electrons. The summed E-state index contributed by atoms with van der Waals surface area (Å²) in [5, 5.41) is 7.76. The minimum Gasteiger partial charge on any atom is -0.338 e. The highest BCUT2D eigenvalue weighted by molar-refractivity contribution is 5.30. The van der Waals surface area contributed by atoms with Gasteiger partial charge in [-0.15, -0.1) is 0 Å². The van der Waals surface area contributed by atoms with Gasteiger partial charge in [0.25, 0.3) is 0 Å². The van der Waals surface area contributed by atoms with Crippen molar-refractivity contribution >= 4 is 0 Å². The fourth-order valence-corrected chi connectivity index (χ4v) is 3.54. The van der Waals surface area contributed by atoms with Crippen LogP contribution in [0.25, 0.3) is 0 Å². The third-order valence-electron chi connectivity index (χ3n) is 4.81. The fourth-order valence-electron chi connectivity index (χ4n) is 3.54. The molecule has 0 spiro atoms. The van der Waals surface area contributed by atoms with E-state index in [1.807, 2.05) is 0 Å². The molecule has 1 aliphatic heterocycles. The molecular weight excluding hydrogens is 262 g/mol. The van der Waals surface area contributed by atoms with Crippen molar-refractivity contribution in [3.63, 3.8) is 0 Å². The predicted molar refractivity (Wildman–Crippen MR) is 79.9 cm³/mol. The number of nitrogens with one attached hydrogen (secondary N) is 1. The molecule has 2 aliphatic rings. The first-order valence-corrected chi connectivity index (χ1v) is 8.04. The number of aromatic nitrogens is 2. The van der Waals surface area contributed by atoms with E-state index in [0.717, 1.165) is 24.7 Å². The second-order valence-electron chi connectivity index (χ2n) is 6.23. The van der Waals surface area contributed by atoms with Gasteiger partial charge in [0.05, 0.1) is 6.04 Å². The Labute approximate surface area is 124 Å². The van der Waals surface area contributed by atoms with Crippen LogP contribution in [0, 0.1) is 0 Å². The lowest BCUT2D eigenvalue weighted by Gasteiger charge is -2.23. The van der Waals surface area contributed by atoms with E-state index in [0.29, 0.717) is 5.92 Å². The molecule has 1 saturated carbocycles. The summed E-state index contributed by atoms with van der Waals surface area (Å²) in [4.78, 5) is 4.69. The molecule has 110 valence electrons. The molecule has 1 N–H and O–H groups in total.